The number of benzene rings is 2. The Kier molecular flexibility index (Phi) is 2.75. The van der Waals surface area contributed by atoms with Gasteiger partial charge in [0.15, 0.2) is 0 Å². The number of fused-ring (bicyclic) bond motifs is 1. The Balaban J connectivity index is 2.30. The summed E-state index contributed by atoms with van der Waals surface area (Å²) in [7, 11) is 1.97. The van der Waals surface area contributed by atoms with Gasteiger partial charge in [0.25, 0.3) is 0 Å². The van der Waals surface area contributed by atoms with Crippen LogP contribution in [-0.2, 0) is 13.5 Å². The number of rotatable bonds is 2. The minimum absolute atomic E-state index is 0.730. The fraction of sp³-hybridized carbons (Fsp3) is 0.188. The topological polar surface area (TPSA) is 43.8 Å². The number of hydrogen-bond acceptors (Lipinski definition) is 2. The Hall–Kier alpha value is -2.29. The molecule has 96 valence electrons. The Labute approximate surface area is 112 Å². The SMILES string of the molecule is CCc1nc(-c2cccc3ccccc23)c(N)n1C. The van der Waals surface area contributed by atoms with Crippen molar-refractivity contribution in [2.75, 3.05) is 5.73 Å². The number of nitrogen functional groups attached to an aromatic ring is 1. The lowest BCUT2D eigenvalue weighted by Gasteiger charge is -2.05. The van der Waals surface area contributed by atoms with Crippen LogP contribution in [0, 0.1) is 0 Å². The first kappa shape index (κ1) is 11.8. The van der Waals surface area contributed by atoms with Crippen LogP contribution in [0.15, 0.2) is 42.5 Å². The summed E-state index contributed by atoms with van der Waals surface area (Å²) in [6.45, 7) is 2.09. The Morgan fingerprint density at radius 3 is 2.58 bits per heavy atom. The van der Waals surface area contributed by atoms with Crippen LogP contribution in [0.2, 0.25) is 0 Å². The summed E-state index contributed by atoms with van der Waals surface area (Å²) < 4.78 is 1.97. The van der Waals surface area contributed by atoms with Crippen LogP contribution in [0.4, 0.5) is 5.82 Å². The van der Waals surface area contributed by atoms with Crippen LogP contribution >= 0.6 is 0 Å². The van der Waals surface area contributed by atoms with E-state index in [9.17, 15) is 0 Å². The molecule has 2 aromatic carbocycles. The molecule has 1 heterocycles. The molecule has 1 aromatic heterocycles. The first-order valence-electron chi connectivity index (χ1n) is 6.51. The van der Waals surface area contributed by atoms with Crippen molar-refractivity contribution in [3.05, 3.63) is 48.3 Å². The third-order valence-electron chi connectivity index (χ3n) is 3.59. The molecule has 19 heavy (non-hydrogen) atoms. The summed E-state index contributed by atoms with van der Waals surface area (Å²) in [5, 5.41) is 2.40. The van der Waals surface area contributed by atoms with E-state index >= 15 is 0 Å². The highest BCUT2D eigenvalue weighted by Gasteiger charge is 2.14. The summed E-state index contributed by atoms with van der Waals surface area (Å²) in [4.78, 5) is 4.69. The molecule has 0 saturated carbocycles. The van der Waals surface area contributed by atoms with Gasteiger partial charge in [-0.2, -0.15) is 0 Å². The average Bonchev–Trinajstić information content (AvgIpc) is 2.74. The summed E-state index contributed by atoms with van der Waals surface area (Å²) in [5.74, 6) is 1.74. The van der Waals surface area contributed by atoms with Gasteiger partial charge >= 0.3 is 0 Å². The number of hydrogen-bond donors (Lipinski definition) is 1. The van der Waals surface area contributed by atoms with E-state index in [-0.39, 0.29) is 0 Å². The molecule has 0 spiro atoms. The minimum Gasteiger partial charge on any atom is -0.383 e. The van der Waals surface area contributed by atoms with Crippen molar-refractivity contribution in [2.24, 2.45) is 7.05 Å². The van der Waals surface area contributed by atoms with E-state index in [0.717, 1.165) is 29.3 Å². The van der Waals surface area contributed by atoms with Crippen LogP contribution < -0.4 is 5.73 Å². The number of aryl methyl sites for hydroxylation is 1. The van der Waals surface area contributed by atoms with Crippen LogP contribution in [0.25, 0.3) is 22.0 Å². The van der Waals surface area contributed by atoms with Gasteiger partial charge in [0, 0.05) is 19.0 Å². The first-order chi connectivity index (χ1) is 9.22. The lowest BCUT2D eigenvalue weighted by atomic mass is 10.0. The number of nitrogens with two attached hydrogens (primary N) is 1. The molecular weight excluding hydrogens is 234 g/mol. The van der Waals surface area contributed by atoms with Crippen molar-refractivity contribution < 1.29 is 0 Å². The normalized spacial score (nSPS) is 11.1. The van der Waals surface area contributed by atoms with Crippen LogP contribution in [-0.4, -0.2) is 9.55 Å². The molecule has 3 nitrogen and oxygen atoms in total. The molecule has 0 unspecified atom stereocenters. The smallest absolute Gasteiger partial charge is 0.131 e. The molecule has 0 fully saturated rings. The minimum atomic E-state index is 0.730. The van der Waals surface area contributed by atoms with Crippen LogP contribution in [0.1, 0.15) is 12.7 Å². The lowest BCUT2D eigenvalue weighted by Crippen LogP contribution is -2.00. The Bertz CT molecular complexity index is 736. The van der Waals surface area contributed by atoms with Crippen molar-refractivity contribution in [2.45, 2.75) is 13.3 Å². The first-order valence-corrected chi connectivity index (χ1v) is 6.51. The molecule has 3 aromatic rings. The van der Waals surface area contributed by atoms with E-state index in [1.165, 1.54) is 10.8 Å². The summed E-state index contributed by atoms with van der Waals surface area (Å²) in [5.41, 5.74) is 8.19. The third-order valence-corrected chi connectivity index (χ3v) is 3.59. The monoisotopic (exact) mass is 251 g/mol. The lowest BCUT2D eigenvalue weighted by molar-refractivity contribution is 0.816. The summed E-state index contributed by atoms with van der Waals surface area (Å²) in [6.07, 6.45) is 0.880. The molecule has 0 bridgehead atoms. The van der Waals surface area contributed by atoms with Gasteiger partial charge in [0.05, 0.1) is 0 Å². The summed E-state index contributed by atoms with van der Waals surface area (Å²) >= 11 is 0. The van der Waals surface area contributed by atoms with Gasteiger partial charge in [-0.05, 0) is 10.8 Å². The van der Waals surface area contributed by atoms with Crippen molar-refractivity contribution in [1.82, 2.24) is 9.55 Å². The van der Waals surface area contributed by atoms with E-state index in [1.807, 2.05) is 23.7 Å². The number of aromatic nitrogens is 2. The van der Waals surface area contributed by atoms with Gasteiger partial charge in [-0.3, -0.25) is 0 Å². The second-order valence-electron chi connectivity index (χ2n) is 4.70. The van der Waals surface area contributed by atoms with E-state index < -0.39 is 0 Å². The van der Waals surface area contributed by atoms with Gasteiger partial charge in [-0.25, -0.2) is 4.98 Å². The highest BCUT2D eigenvalue weighted by Crippen LogP contribution is 2.31. The third kappa shape index (κ3) is 1.78. The number of imidazole rings is 1. The Morgan fingerprint density at radius 1 is 1.11 bits per heavy atom. The van der Waals surface area contributed by atoms with E-state index in [0.29, 0.717) is 0 Å². The molecule has 2 N–H and O–H groups in total. The second-order valence-corrected chi connectivity index (χ2v) is 4.70. The quantitative estimate of drug-likeness (QED) is 0.758. The van der Waals surface area contributed by atoms with Crippen molar-refractivity contribution in [3.63, 3.8) is 0 Å². The van der Waals surface area contributed by atoms with Crippen LogP contribution in [0.5, 0.6) is 0 Å². The standard InChI is InChI=1S/C16H17N3/c1-3-14-18-15(16(17)19(14)2)13-10-6-8-11-7-4-5-9-12(11)13/h4-10H,3,17H2,1-2H3. The largest absolute Gasteiger partial charge is 0.383 e. The molecule has 0 radical (unpaired) electrons. The zero-order valence-corrected chi connectivity index (χ0v) is 11.2. The van der Waals surface area contributed by atoms with Crippen molar-refractivity contribution >= 4 is 16.6 Å². The fourth-order valence-corrected chi connectivity index (χ4v) is 2.51. The molecule has 0 aliphatic heterocycles. The van der Waals surface area contributed by atoms with Crippen molar-refractivity contribution in [1.29, 1.82) is 0 Å². The molecule has 0 atom stereocenters. The number of anilines is 1. The van der Waals surface area contributed by atoms with E-state index in [2.05, 4.69) is 42.2 Å². The second kappa shape index (κ2) is 4.43. The molecular formula is C16H17N3. The predicted octanol–water partition coefficient (Wildman–Crippen LogP) is 3.38. The van der Waals surface area contributed by atoms with Gasteiger partial charge in [0.1, 0.15) is 17.3 Å². The van der Waals surface area contributed by atoms with Gasteiger partial charge in [-0.15, -0.1) is 0 Å². The Morgan fingerprint density at radius 2 is 1.84 bits per heavy atom. The van der Waals surface area contributed by atoms with Gasteiger partial charge in [-0.1, -0.05) is 49.4 Å². The van der Waals surface area contributed by atoms with Gasteiger partial charge in [0.2, 0.25) is 0 Å². The number of nitrogens with zero attached hydrogens (tertiary/aromatic N) is 2. The van der Waals surface area contributed by atoms with Crippen LogP contribution in [0.3, 0.4) is 0 Å². The highest BCUT2D eigenvalue weighted by molar-refractivity contribution is 5.97. The maximum Gasteiger partial charge on any atom is 0.131 e. The molecule has 0 saturated heterocycles. The molecule has 0 amide bonds. The maximum atomic E-state index is 6.20. The zero-order valence-electron chi connectivity index (χ0n) is 11.2. The highest BCUT2D eigenvalue weighted by atomic mass is 15.1. The zero-order chi connectivity index (χ0) is 13.4. The molecule has 3 rings (SSSR count). The molecule has 3 heteroatoms. The summed E-state index contributed by atoms with van der Waals surface area (Å²) in [6, 6.07) is 14.6. The maximum absolute atomic E-state index is 6.20. The molecule has 0 aliphatic carbocycles. The predicted molar refractivity (Wildman–Crippen MR) is 79.9 cm³/mol. The van der Waals surface area contributed by atoms with E-state index in [1.54, 1.807) is 0 Å². The van der Waals surface area contributed by atoms with Crippen molar-refractivity contribution in [3.8, 4) is 11.3 Å². The average molecular weight is 251 g/mol. The fourth-order valence-electron chi connectivity index (χ4n) is 2.51. The van der Waals surface area contributed by atoms with Gasteiger partial charge < -0.3 is 10.3 Å². The van der Waals surface area contributed by atoms with E-state index in [4.69, 9.17) is 5.73 Å². The molecule has 0 aliphatic rings.